The van der Waals surface area contributed by atoms with Gasteiger partial charge < -0.3 is 4.42 Å². The zero-order chi connectivity index (χ0) is 19.0. The Balaban J connectivity index is 1.62. The van der Waals surface area contributed by atoms with E-state index in [-0.39, 0.29) is 17.5 Å². The number of nitrogens with one attached hydrogen (secondary N) is 1. The fourth-order valence-electron chi connectivity index (χ4n) is 2.97. The Morgan fingerprint density at radius 1 is 1.15 bits per heavy atom. The maximum absolute atomic E-state index is 12.9. The normalized spacial score (nSPS) is 13.6. The number of likely N-dealkylation sites (N-methyl/N-ethyl adjacent to an activating group) is 1. The third kappa shape index (κ3) is 3.46. The van der Waals surface area contributed by atoms with Gasteiger partial charge in [0.1, 0.15) is 27.3 Å². The van der Waals surface area contributed by atoms with Gasteiger partial charge in [0.05, 0.1) is 17.8 Å². The van der Waals surface area contributed by atoms with Gasteiger partial charge in [-0.3, -0.25) is 4.90 Å². The highest BCUT2D eigenvalue weighted by atomic mass is 32.2. The highest BCUT2D eigenvalue weighted by molar-refractivity contribution is 7.89. The Morgan fingerprint density at radius 3 is 2.74 bits per heavy atom. The molecular weight excluding hydrogens is 384 g/mol. The monoisotopic (exact) mass is 402 g/mol. The van der Waals surface area contributed by atoms with Crippen molar-refractivity contribution in [1.29, 1.82) is 0 Å². The van der Waals surface area contributed by atoms with Crippen LogP contribution in [0, 0.1) is 0 Å². The molecule has 2 heterocycles. The maximum Gasteiger partial charge on any atom is 0.242 e. The van der Waals surface area contributed by atoms with Crippen molar-refractivity contribution in [1.82, 2.24) is 18.4 Å². The number of rotatable bonds is 6. The molecule has 0 fully saturated rings. The Morgan fingerprint density at radius 2 is 1.96 bits per heavy atom. The van der Waals surface area contributed by atoms with Crippen molar-refractivity contribution < 1.29 is 12.8 Å². The molecular formula is C18H18N4O3S2. The first-order chi connectivity index (χ1) is 13.0. The molecule has 0 bridgehead atoms. The van der Waals surface area contributed by atoms with Gasteiger partial charge in [0.2, 0.25) is 10.0 Å². The van der Waals surface area contributed by atoms with Gasteiger partial charge >= 0.3 is 0 Å². The molecule has 0 amide bonds. The van der Waals surface area contributed by atoms with E-state index in [0.29, 0.717) is 16.8 Å². The third-order valence-corrected chi connectivity index (χ3v) is 6.40. The number of fused-ring (bicyclic) bond motifs is 2. The molecule has 0 saturated carbocycles. The van der Waals surface area contributed by atoms with Gasteiger partial charge in [-0.15, -0.1) is 0 Å². The van der Waals surface area contributed by atoms with Crippen molar-refractivity contribution in [2.24, 2.45) is 0 Å². The molecule has 9 heteroatoms. The van der Waals surface area contributed by atoms with Crippen molar-refractivity contribution in [2.45, 2.75) is 10.9 Å². The molecule has 2 aromatic heterocycles. The van der Waals surface area contributed by atoms with E-state index >= 15 is 0 Å². The lowest BCUT2D eigenvalue weighted by atomic mass is 10.2. The first-order valence-corrected chi connectivity index (χ1v) is 10.5. The Kier molecular flexibility index (Phi) is 4.68. The molecule has 1 atom stereocenters. The van der Waals surface area contributed by atoms with Crippen molar-refractivity contribution in [3.05, 3.63) is 54.3 Å². The molecule has 0 radical (unpaired) electrons. The van der Waals surface area contributed by atoms with Gasteiger partial charge in [0.25, 0.3) is 0 Å². The van der Waals surface area contributed by atoms with Gasteiger partial charge in [0.15, 0.2) is 0 Å². The summed E-state index contributed by atoms with van der Waals surface area (Å²) in [5.41, 5.74) is 1.74. The van der Waals surface area contributed by atoms with E-state index < -0.39 is 10.0 Å². The SMILES string of the molecule is CN(C)[C@H](CNS(=O)(=O)c1cccc2nsnc12)c1cc2ccccc2o1. The van der Waals surface area contributed by atoms with Crippen LogP contribution in [0.15, 0.2) is 57.8 Å². The van der Waals surface area contributed by atoms with Crippen LogP contribution in [0.1, 0.15) is 11.8 Å². The molecule has 4 aromatic rings. The van der Waals surface area contributed by atoms with Crippen LogP contribution in [0.2, 0.25) is 0 Å². The predicted octanol–water partition coefficient (Wildman–Crippen LogP) is 3.02. The van der Waals surface area contributed by atoms with E-state index in [4.69, 9.17) is 4.42 Å². The third-order valence-electron chi connectivity index (χ3n) is 4.40. The second-order valence-electron chi connectivity index (χ2n) is 6.41. The Bertz CT molecular complexity index is 1160. The van der Waals surface area contributed by atoms with Gasteiger partial charge in [-0.05, 0) is 38.4 Å². The smallest absolute Gasteiger partial charge is 0.242 e. The van der Waals surface area contributed by atoms with E-state index in [1.165, 1.54) is 6.07 Å². The fourth-order valence-corrected chi connectivity index (χ4v) is 4.77. The molecule has 0 aliphatic carbocycles. The molecule has 0 saturated heterocycles. The van der Waals surface area contributed by atoms with Crippen molar-refractivity contribution in [3.63, 3.8) is 0 Å². The largest absolute Gasteiger partial charge is 0.459 e. The molecule has 7 nitrogen and oxygen atoms in total. The molecule has 4 rings (SSSR count). The van der Waals surface area contributed by atoms with Crippen LogP contribution in [0.5, 0.6) is 0 Å². The summed E-state index contributed by atoms with van der Waals surface area (Å²) in [5.74, 6) is 0.706. The zero-order valence-electron chi connectivity index (χ0n) is 14.8. The molecule has 27 heavy (non-hydrogen) atoms. The fraction of sp³-hybridized carbons (Fsp3) is 0.222. The average Bonchev–Trinajstić information content (AvgIpc) is 3.27. The van der Waals surface area contributed by atoms with Crippen LogP contribution in [0.4, 0.5) is 0 Å². The highest BCUT2D eigenvalue weighted by Gasteiger charge is 2.24. The van der Waals surface area contributed by atoms with E-state index in [9.17, 15) is 8.42 Å². The van der Waals surface area contributed by atoms with Crippen molar-refractivity contribution in [2.75, 3.05) is 20.6 Å². The number of hydrogen-bond acceptors (Lipinski definition) is 7. The summed E-state index contributed by atoms with van der Waals surface area (Å²) < 4.78 is 42.5. The second-order valence-corrected chi connectivity index (χ2v) is 8.67. The molecule has 2 aromatic carbocycles. The molecule has 0 aliphatic rings. The first kappa shape index (κ1) is 18.1. The number of hydrogen-bond donors (Lipinski definition) is 1. The summed E-state index contributed by atoms with van der Waals surface area (Å²) >= 11 is 0.996. The van der Waals surface area contributed by atoms with Crippen LogP contribution in [-0.4, -0.2) is 42.7 Å². The lowest BCUT2D eigenvalue weighted by Gasteiger charge is -2.22. The molecule has 0 spiro atoms. The summed E-state index contributed by atoms with van der Waals surface area (Å²) in [5, 5.41) is 0.987. The van der Waals surface area contributed by atoms with Crippen LogP contribution in [-0.2, 0) is 10.0 Å². The number of para-hydroxylation sites is 1. The summed E-state index contributed by atoms with van der Waals surface area (Å²) in [6, 6.07) is 14.4. The van der Waals surface area contributed by atoms with E-state index in [1.54, 1.807) is 12.1 Å². The predicted molar refractivity (Wildman–Crippen MR) is 105 cm³/mol. The van der Waals surface area contributed by atoms with Crippen LogP contribution in [0.3, 0.4) is 0 Å². The number of benzene rings is 2. The molecule has 140 valence electrons. The van der Waals surface area contributed by atoms with E-state index in [0.717, 1.165) is 22.7 Å². The topological polar surface area (TPSA) is 88.3 Å². The number of sulfonamides is 1. The van der Waals surface area contributed by atoms with Crippen LogP contribution < -0.4 is 4.72 Å². The first-order valence-electron chi connectivity index (χ1n) is 8.31. The van der Waals surface area contributed by atoms with Gasteiger partial charge in [-0.2, -0.15) is 8.75 Å². The summed E-state index contributed by atoms with van der Waals surface area (Å²) in [4.78, 5) is 2.06. The van der Waals surface area contributed by atoms with E-state index in [1.807, 2.05) is 49.3 Å². The number of nitrogens with zero attached hydrogens (tertiary/aromatic N) is 3. The summed E-state index contributed by atoms with van der Waals surface area (Å²) in [6.45, 7) is 0.170. The second kappa shape index (κ2) is 7.01. The highest BCUT2D eigenvalue weighted by Crippen LogP contribution is 2.27. The average molecular weight is 403 g/mol. The van der Waals surface area contributed by atoms with Crippen molar-refractivity contribution >= 4 is 43.8 Å². The minimum Gasteiger partial charge on any atom is -0.459 e. The Labute approximate surface area is 161 Å². The van der Waals surface area contributed by atoms with Crippen molar-refractivity contribution in [3.8, 4) is 0 Å². The quantitative estimate of drug-likeness (QED) is 0.533. The van der Waals surface area contributed by atoms with Gasteiger partial charge in [-0.25, -0.2) is 13.1 Å². The minimum atomic E-state index is -3.74. The maximum atomic E-state index is 12.9. The number of furan rings is 1. The number of aromatic nitrogens is 2. The standard InChI is InChI=1S/C18H18N4O3S2/c1-22(2)14(16-10-12-6-3-4-8-15(12)25-16)11-19-27(23,24)17-9-5-7-13-18(17)21-26-20-13/h3-10,14,19H,11H2,1-2H3/t14-/m1/s1. The van der Waals surface area contributed by atoms with Crippen LogP contribution in [0.25, 0.3) is 22.0 Å². The summed E-state index contributed by atoms with van der Waals surface area (Å²) in [6.07, 6.45) is 0. The van der Waals surface area contributed by atoms with Gasteiger partial charge in [0, 0.05) is 11.9 Å². The lowest BCUT2D eigenvalue weighted by Crippen LogP contribution is -2.34. The van der Waals surface area contributed by atoms with E-state index in [2.05, 4.69) is 13.5 Å². The lowest BCUT2D eigenvalue weighted by molar-refractivity contribution is 0.264. The minimum absolute atomic E-state index is 0.135. The zero-order valence-corrected chi connectivity index (χ0v) is 16.4. The molecule has 0 unspecified atom stereocenters. The molecule has 1 N–H and O–H groups in total. The van der Waals surface area contributed by atoms with Gasteiger partial charge in [-0.1, -0.05) is 24.3 Å². The Hall–Kier alpha value is -2.33. The summed E-state index contributed by atoms with van der Waals surface area (Å²) in [7, 11) is 0.0347. The van der Waals surface area contributed by atoms with Crippen LogP contribution >= 0.6 is 11.7 Å². The molecule has 0 aliphatic heterocycles.